The molecular weight excluding hydrogens is 284 g/mol. The van der Waals surface area contributed by atoms with Crippen LogP contribution in [0.4, 0.5) is 0 Å². The number of benzene rings is 1. The Morgan fingerprint density at radius 2 is 1.95 bits per heavy atom. The highest BCUT2D eigenvalue weighted by Crippen LogP contribution is 2.19. The monoisotopic (exact) mass is 308 g/mol. The molecule has 2 unspecified atom stereocenters. The number of aldehydes is 1. The molecule has 1 heterocycles. The third-order valence-electron chi connectivity index (χ3n) is 3.55. The van der Waals surface area contributed by atoms with Crippen LogP contribution in [0.3, 0.4) is 0 Å². The van der Waals surface area contributed by atoms with Gasteiger partial charge in [0.25, 0.3) is 0 Å². The first kappa shape index (κ1) is 16.9. The van der Waals surface area contributed by atoms with E-state index in [9.17, 15) is 4.79 Å². The first-order chi connectivity index (χ1) is 10.8. The van der Waals surface area contributed by atoms with E-state index >= 15 is 0 Å². The molecule has 122 valence electrons. The van der Waals surface area contributed by atoms with Crippen LogP contribution in [0, 0.1) is 5.92 Å². The SMILES string of the molecule is CC1CCOC(OCCOCCOc2ccc(C=O)cc2)C1. The molecule has 1 aliphatic rings. The highest BCUT2D eigenvalue weighted by atomic mass is 16.7. The van der Waals surface area contributed by atoms with Crippen LogP contribution in [0.5, 0.6) is 5.75 Å². The molecule has 0 aromatic heterocycles. The maximum atomic E-state index is 10.5. The molecule has 1 aliphatic heterocycles. The van der Waals surface area contributed by atoms with Gasteiger partial charge in [0.15, 0.2) is 6.29 Å². The Morgan fingerprint density at radius 1 is 1.18 bits per heavy atom. The Hall–Kier alpha value is -1.43. The van der Waals surface area contributed by atoms with Gasteiger partial charge in [-0.2, -0.15) is 0 Å². The predicted molar refractivity (Wildman–Crippen MR) is 82.2 cm³/mol. The second-order valence-corrected chi connectivity index (χ2v) is 5.45. The van der Waals surface area contributed by atoms with Gasteiger partial charge in [-0.25, -0.2) is 0 Å². The zero-order valence-corrected chi connectivity index (χ0v) is 13.0. The van der Waals surface area contributed by atoms with Crippen molar-refractivity contribution in [1.82, 2.24) is 0 Å². The van der Waals surface area contributed by atoms with Gasteiger partial charge in [-0.1, -0.05) is 6.92 Å². The Morgan fingerprint density at radius 3 is 2.68 bits per heavy atom. The average molecular weight is 308 g/mol. The molecular formula is C17H24O5. The fourth-order valence-electron chi connectivity index (χ4n) is 2.23. The Bertz CT molecular complexity index is 431. The molecule has 0 aliphatic carbocycles. The summed E-state index contributed by atoms with van der Waals surface area (Å²) in [7, 11) is 0. The summed E-state index contributed by atoms with van der Waals surface area (Å²) < 4.78 is 22.1. The second kappa shape index (κ2) is 9.56. The first-order valence-corrected chi connectivity index (χ1v) is 7.77. The minimum Gasteiger partial charge on any atom is -0.491 e. The smallest absolute Gasteiger partial charge is 0.157 e. The zero-order chi connectivity index (χ0) is 15.6. The lowest BCUT2D eigenvalue weighted by molar-refractivity contribution is -0.178. The number of carbonyl (C=O) groups excluding carboxylic acids is 1. The first-order valence-electron chi connectivity index (χ1n) is 7.77. The maximum absolute atomic E-state index is 10.5. The molecule has 0 saturated carbocycles. The van der Waals surface area contributed by atoms with E-state index in [1.54, 1.807) is 24.3 Å². The molecule has 1 aromatic carbocycles. The van der Waals surface area contributed by atoms with Crippen LogP contribution in [0.1, 0.15) is 30.1 Å². The van der Waals surface area contributed by atoms with Gasteiger partial charge in [0.2, 0.25) is 0 Å². The molecule has 0 radical (unpaired) electrons. The molecule has 1 fully saturated rings. The fourth-order valence-corrected chi connectivity index (χ4v) is 2.23. The van der Waals surface area contributed by atoms with Gasteiger partial charge < -0.3 is 18.9 Å². The van der Waals surface area contributed by atoms with E-state index in [0.29, 0.717) is 37.9 Å². The van der Waals surface area contributed by atoms with Gasteiger partial charge in [0.1, 0.15) is 18.6 Å². The summed E-state index contributed by atoms with van der Waals surface area (Å²) in [4.78, 5) is 10.5. The van der Waals surface area contributed by atoms with Crippen LogP contribution in [0.15, 0.2) is 24.3 Å². The summed E-state index contributed by atoms with van der Waals surface area (Å²) in [5.74, 6) is 1.40. The third kappa shape index (κ3) is 6.13. The summed E-state index contributed by atoms with van der Waals surface area (Å²) in [6, 6.07) is 6.99. The summed E-state index contributed by atoms with van der Waals surface area (Å²) >= 11 is 0. The van der Waals surface area contributed by atoms with Crippen LogP contribution in [-0.2, 0) is 14.2 Å². The van der Waals surface area contributed by atoms with Crippen molar-refractivity contribution in [3.8, 4) is 5.75 Å². The van der Waals surface area contributed by atoms with Crippen LogP contribution in [0.2, 0.25) is 0 Å². The van der Waals surface area contributed by atoms with E-state index in [-0.39, 0.29) is 6.29 Å². The van der Waals surface area contributed by atoms with Crippen LogP contribution >= 0.6 is 0 Å². The van der Waals surface area contributed by atoms with E-state index in [1.165, 1.54) is 0 Å². The van der Waals surface area contributed by atoms with Gasteiger partial charge in [0.05, 0.1) is 19.8 Å². The standard InChI is InChI=1S/C17H24O5/c1-14-6-7-21-17(12-14)22-11-9-19-8-10-20-16-4-2-15(13-18)3-5-16/h2-5,13-14,17H,6-12H2,1H3. The predicted octanol–water partition coefficient (Wildman–Crippen LogP) is 2.68. The van der Waals surface area contributed by atoms with Crippen molar-refractivity contribution in [1.29, 1.82) is 0 Å². The van der Waals surface area contributed by atoms with Crippen LogP contribution in [-0.4, -0.2) is 45.6 Å². The molecule has 0 bridgehead atoms. The minimum absolute atomic E-state index is 0.0834. The molecule has 5 heteroatoms. The van der Waals surface area contributed by atoms with Crippen molar-refractivity contribution >= 4 is 6.29 Å². The van der Waals surface area contributed by atoms with Crippen molar-refractivity contribution in [3.05, 3.63) is 29.8 Å². The van der Waals surface area contributed by atoms with Gasteiger partial charge >= 0.3 is 0 Å². The molecule has 0 amide bonds. The van der Waals surface area contributed by atoms with Gasteiger partial charge in [0, 0.05) is 18.6 Å². The number of hydrogen-bond acceptors (Lipinski definition) is 5. The lowest BCUT2D eigenvalue weighted by Gasteiger charge is -2.27. The highest BCUT2D eigenvalue weighted by Gasteiger charge is 2.19. The largest absolute Gasteiger partial charge is 0.491 e. The third-order valence-corrected chi connectivity index (χ3v) is 3.55. The normalized spacial score (nSPS) is 21.5. The Labute approximate surface area is 131 Å². The summed E-state index contributed by atoms with van der Waals surface area (Å²) in [6.45, 7) is 5.03. The molecule has 22 heavy (non-hydrogen) atoms. The number of rotatable bonds is 9. The molecule has 5 nitrogen and oxygen atoms in total. The minimum atomic E-state index is -0.0834. The maximum Gasteiger partial charge on any atom is 0.157 e. The second-order valence-electron chi connectivity index (χ2n) is 5.45. The number of ether oxygens (including phenoxy) is 4. The van der Waals surface area contributed by atoms with Crippen LogP contribution in [0.25, 0.3) is 0 Å². The topological polar surface area (TPSA) is 54.0 Å². The van der Waals surface area contributed by atoms with Crippen molar-refractivity contribution in [2.45, 2.75) is 26.1 Å². The summed E-state index contributed by atoms with van der Waals surface area (Å²) in [6.07, 6.45) is 2.80. The van der Waals surface area contributed by atoms with Gasteiger partial charge in [-0.05, 0) is 36.6 Å². The molecule has 1 saturated heterocycles. The van der Waals surface area contributed by atoms with Crippen molar-refractivity contribution in [3.63, 3.8) is 0 Å². The molecule has 2 rings (SSSR count). The summed E-state index contributed by atoms with van der Waals surface area (Å²) in [5.41, 5.74) is 0.639. The highest BCUT2D eigenvalue weighted by molar-refractivity contribution is 5.74. The lowest BCUT2D eigenvalue weighted by atomic mass is 10.0. The molecule has 2 atom stereocenters. The van der Waals surface area contributed by atoms with Gasteiger partial charge in [-0.3, -0.25) is 4.79 Å². The zero-order valence-electron chi connectivity index (χ0n) is 13.0. The quantitative estimate of drug-likeness (QED) is 0.518. The summed E-state index contributed by atoms with van der Waals surface area (Å²) in [5, 5.41) is 0. The van der Waals surface area contributed by atoms with Crippen molar-refractivity contribution < 1.29 is 23.7 Å². The van der Waals surface area contributed by atoms with Crippen molar-refractivity contribution in [2.24, 2.45) is 5.92 Å². The Kier molecular flexibility index (Phi) is 7.36. The molecule has 0 spiro atoms. The van der Waals surface area contributed by atoms with E-state index in [4.69, 9.17) is 18.9 Å². The molecule has 0 N–H and O–H groups in total. The lowest BCUT2D eigenvalue weighted by Crippen LogP contribution is -2.28. The van der Waals surface area contributed by atoms with Crippen LogP contribution < -0.4 is 4.74 Å². The van der Waals surface area contributed by atoms with Crippen molar-refractivity contribution in [2.75, 3.05) is 33.0 Å². The van der Waals surface area contributed by atoms with E-state index in [1.807, 2.05) is 0 Å². The number of carbonyl (C=O) groups is 1. The fraction of sp³-hybridized carbons (Fsp3) is 0.588. The van der Waals surface area contributed by atoms with E-state index < -0.39 is 0 Å². The van der Waals surface area contributed by atoms with Gasteiger partial charge in [-0.15, -0.1) is 0 Å². The number of hydrogen-bond donors (Lipinski definition) is 0. The van der Waals surface area contributed by atoms with E-state index in [0.717, 1.165) is 31.5 Å². The van der Waals surface area contributed by atoms with E-state index in [2.05, 4.69) is 6.92 Å². The average Bonchev–Trinajstić information content (AvgIpc) is 2.54. The molecule has 1 aromatic rings. The Balaban J connectivity index is 1.47.